The molecular formula is C22H19N5O2. The van der Waals surface area contributed by atoms with Crippen LogP contribution in [0.15, 0.2) is 63.8 Å². The summed E-state index contributed by atoms with van der Waals surface area (Å²) in [7, 11) is 0. The van der Waals surface area contributed by atoms with E-state index in [0.717, 1.165) is 11.3 Å². The van der Waals surface area contributed by atoms with E-state index < -0.39 is 0 Å². The number of hydrogen-bond donors (Lipinski definition) is 0. The summed E-state index contributed by atoms with van der Waals surface area (Å²) in [5.41, 5.74) is 3.21. The van der Waals surface area contributed by atoms with Gasteiger partial charge in [0.25, 0.3) is 5.91 Å². The average molecular weight is 385 g/mol. The van der Waals surface area contributed by atoms with Gasteiger partial charge < -0.3 is 4.42 Å². The maximum absolute atomic E-state index is 13.0. The fraction of sp³-hybridized carbons (Fsp3) is 0.182. The van der Waals surface area contributed by atoms with Gasteiger partial charge in [0.1, 0.15) is 11.5 Å². The van der Waals surface area contributed by atoms with Crippen molar-refractivity contribution in [1.82, 2.24) is 9.78 Å². The zero-order valence-electron chi connectivity index (χ0n) is 16.2. The number of rotatable bonds is 5. The van der Waals surface area contributed by atoms with Gasteiger partial charge in [0.05, 0.1) is 36.0 Å². The molecule has 0 bridgehead atoms. The molecular weight excluding hydrogens is 366 g/mol. The zero-order valence-corrected chi connectivity index (χ0v) is 16.2. The molecule has 0 saturated carbocycles. The van der Waals surface area contributed by atoms with Gasteiger partial charge in [-0.1, -0.05) is 18.2 Å². The molecule has 7 heteroatoms. The number of furan rings is 1. The van der Waals surface area contributed by atoms with Crippen molar-refractivity contribution in [3.05, 3.63) is 65.6 Å². The molecule has 0 fully saturated rings. The van der Waals surface area contributed by atoms with Crippen LogP contribution in [0.1, 0.15) is 24.7 Å². The van der Waals surface area contributed by atoms with Gasteiger partial charge in [-0.2, -0.15) is 20.5 Å². The van der Waals surface area contributed by atoms with E-state index >= 15 is 0 Å². The second-order valence-corrected chi connectivity index (χ2v) is 6.71. The average Bonchev–Trinajstić information content (AvgIpc) is 3.41. The van der Waals surface area contributed by atoms with Crippen LogP contribution in [0.4, 0.5) is 5.69 Å². The largest absolute Gasteiger partial charge is 0.460 e. The van der Waals surface area contributed by atoms with Crippen molar-refractivity contribution in [1.29, 1.82) is 5.26 Å². The Hall–Kier alpha value is -3.92. The topological polar surface area (TPSA) is 87.4 Å². The highest BCUT2D eigenvalue weighted by molar-refractivity contribution is 6.32. The first kappa shape index (κ1) is 18.4. The summed E-state index contributed by atoms with van der Waals surface area (Å²) in [6, 6.07) is 15.1. The normalized spacial score (nSPS) is 15.1. The van der Waals surface area contributed by atoms with Crippen molar-refractivity contribution in [2.45, 2.75) is 26.8 Å². The van der Waals surface area contributed by atoms with Gasteiger partial charge in [-0.05, 0) is 44.2 Å². The Balaban J connectivity index is 1.74. The fourth-order valence-electron chi connectivity index (χ4n) is 3.16. The van der Waals surface area contributed by atoms with Crippen LogP contribution in [0.3, 0.4) is 0 Å². The first-order valence-corrected chi connectivity index (χ1v) is 9.25. The number of benzene rings is 1. The molecule has 1 aliphatic heterocycles. The molecule has 0 saturated heterocycles. The van der Waals surface area contributed by atoms with Crippen LogP contribution in [-0.4, -0.2) is 21.4 Å². The minimum absolute atomic E-state index is 0.194. The number of para-hydroxylation sites is 1. The van der Waals surface area contributed by atoms with Gasteiger partial charge in [0, 0.05) is 11.8 Å². The van der Waals surface area contributed by atoms with Crippen molar-refractivity contribution in [3.8, 4) is 17.5 Å². The van der Waals surface area contributed by atoms with E-state index in [1.807, 2.05) is 62.5 Å². The molecule has 0 spiro atoms. The minimum atomic E-state index is -0.194. The molecule has 0 unspecified atom stereocenters. The number of hydrogen-bond acceptors (Lipinski definition) is 5. The van der Waals surface area contributed by atoms with E-state index in [1.54, 1.807) is 10.8 Å². The van der Waals surface area contributed by atoms with E-state index in [-0.39, 0.29) is 5.91 Å². The third-order valence-corrected chi connectivity index (χ3v) is 4.58. The van der Waals surface area contributed by atoms with Crippen molar-refractivity contribution in [2.24, 2.45) is 5.10 Å². The molecule has 4 rings (SSSR count). The summed E-state index contributed by atoms with van der Waals surface area (Å²) in [6.45, 7) is 4.14. The lowest BCUT2D eigenvalue weighted by Crippen LogP contribution is -2.21. The Labute approximate surface area is 168 Å². The molecule has 0 atom stereocenters. The lowest BCUT2D eigenvalue weighted by molar-refractivity contribution is -0.114. The van der Waals surface area contributed by atoms with Gasteiger partial charge in [0.2, 0.25) is 0 Å². The summed E-state index contributed by atoms with van der Waals surface area (Å²) >= 11 is 0. The summed E-state index contributed by atoms with van der Waals surface area (Å²) < 4.78 is 7.44. The third-order valence-electron chi connectivity index (χ3n) is 4.58. The molecule has 29 heavy (non-hydrogen) atoms. The highest BCUT2D eigenvalue weighted by Gasteiger charge is 2.29. The lowest BCUT2D eigenvalue weighted by Gasteiger charge is -2.10. The van der Waals surface area contributed by atoms with E-state index in [2.05, 4.69) is 16.3 Å². The van der Waals surface area contributed by atoms with Gasteiger partial charge >= 0.3 is 0 Å². The number of aromatic nitrogens is 2. The van der Waals surface area contributed by atoms with E-state index in [4.69, 9.17) is 9.68 Å². The van der Waals surface area contributed by atoms with Crippen LogP contribution < -0.4 is 5.01 Å². The Bertz CT molecular complexity index is 1160. The quantitative estimate of drug-likeness (QED) is 0.617. The molecule has 144 valence electrons. The Kier molecular flexibility index (Phi) is 4.83. The van der Waals surface area contributed by atoms with Crippen molar-refractivity contribution < 1.29 is 9.21 Å². The van der Waals surface area contributed by atoms with Crippen LogP contribution in [0.2, 0.25) is 0 Å². The first-order valence-electron chi connectivity index (χ1n) is 9.25. The van der Waals surface area contributed by atoms with Gasteiger partial charge in [-0.15, -0.1) is 0 Å². The number of hydrazone groups is 1. The van der Waals surface area contributed by atoms with E-state index in [0.29, 0.717) is 41.4 Å². The molecule has 1 aliphatic rings. The smallest absolute Gasteiger partial charge is 0.280 e. The molecule has 1 aromatic carbocycles. The Morgan fingerprint density at radius 3 is 2.66 bits per heavy atom. The number of carbonyl (C=O) groups excluding carboxylic acids is 1. The first-order chi connectivity index (χ1) is 14.1. The molecule has 0 N–H and O–H groups in total. The van der Waals surface area contributed by atoms with Gasteiger partial charge in [0.15, 0.2) is 5.76 Å². The summed E-state index contributed by atoms with van der Waals surface area (Å²) in [5.74, 6) is 1.19. The van der Waals surface area contributed by atoms with E-state index in [1.165, 1.54) is 5.01 Å². The third kappa shape index (κ3) is 3.60. The molecule has 3 aromatic rings. The number of aryl methyl sites for hydroxylation is 2. The zero-order chi connectivity index (χ0) is 20.4. The monoisotopic (exact) mass is 385 g/mol. The number of nitriles is 1. The van der Waals surface area contributed by atoms with Crippen LogP contribution >= 0.6 is 0 Å². The maximum atomic E-state index is 13.0. The lowest BCUT2D eigenvalue weighted by atomic mass is 10.1. The SMILES string of the molecule is CC1=NN(c2ccccc2)C(=O)/C1=C\c1cn(CCC#N)nc1-c1ccc(C)o1. The number of anilines is 1. The Morgan fingerprint density at radius 2 is 1.97 bits per heavy atom. The predicted octanol–water partition coefficient (Wildman–Crippen LogP) is 4.17. The van der Waals surface area contributed by atoms with Crippen LogP contribution in [0.5, 0.6) is 0 Å². The standard InChI is InChI=1S/C22H19N5O2/c1-15-9-10-20(29-15)21-17(14-26(25-21)12-6-11-23)13-19-16(2)24-27(22(19)28)18-7-4-3-5-8-18/h3-5,7-10,13-14H,6,12H2,1-2H3/b19-13-. The van der Waals surface area contributed by atoms with Crippen LogP contribution in [0, 0.1) is 18.3 Å². The second-order valence-electron chi connectivity index (χ2n) is 6.71. The number of carbonyl (C=O) groups is 1. The van der Waals surface area contributed by atoms with Crippen LogP contribution in [-0.2, 0) is 11.3 Å². The summed E-state index contributed by atoms with van der Waals surface area (Å²) in [4.78, 5) is 13.0. The van der Waals surface area contributed by atoms with E-state index in [9.17, 15) is 4.79 Å². The predicted molar refractivity (Wildman–Crippen MR) is 110 cm³/mol. The van der Waals surface area contributed by atoms with Crippen molar-refractivity contribution >= 4 is 23.4 Å². The maximum Gasteiger partial charge on any atom is 0.280 e. The molecule has 7 nitrogen and oxygen atoms in total. The van der Waals surface area contributed by atoms with Crippen LogP contribution in [0.25, 0.3) is 17.5 Å². The summed E-state index contributed by atoms with van der Waals surface area (Å²) in [6.07, 6.45) is 3.95. The van der Waals surface area contributed by atoms with Gasteiger partial charge in [-0.3, -0.25) is 9.48 Å². The summed E-state index contributed by atoms with van der Waals surface area (Å²) in [5, 5.41) is 19.3. The number of amides is 1. The number of nitrogens with zero attached hydrogens (tertiary/aromatic N) is 5. The highest BCUT2D eigenvalue weighted by atomic mass is 16.3. The van der Waals surface area contributed by atoms with Crippen molar-refractivity contribution in [2.75, 3.05) is 5.01 Å². The minimum Gasteiger partial charge on any atom is -0.460 e. The Morgan fingerprint density at radius 1 is 1.17 bits per heavy atom. The highest BCUT2D eigenvalue weighted by Crippen LogP contribution is 2.29. The second kappa shape index (κ2) is 7.60. The molecule has 1 amide bonds. The van der Waals surface area contributed by atoms with Gasteiger partial charge in [-0.25, -0.2) is 0 Å². The van der Waals surface area contributed by atoms with Crippen molar-refractivity contribution in [3.63, 3.8) is 0 Å². The fourth-order valence-corrected chi connectivity index (χ4v) is 3.16. The molecule has 0 aliphatic carbocycles. The molecule has 3 heterocycles. The molecule has 0 radical (unpaired) electrons. The molecule has 2 aromatic heterocycles.